The SMILES string of the molecule is COC(=O)/C=C/[C@H](O)[C@H](NC1(c2ccccc2)c2ccccc2-c2ccccc21)C(=O)OC. The molecule has 3 aromatic carbocycles. The minimum absolute atomic E-state index is 0.632. The standard InChI is InChI=1S/C27H25NO5/c1-32-24(30)17-16-23(29)25(26(31)33-2)28-27(18-10-4-3-5-11-18)21-14-8-6-12-19(21)20-13-7-9-15-22(20)27/h3-17,23,25,28-29H,1-2H3/b17-16+/t23-,25-/m0/s1. The maximum absolute atomic E-state index is 12.9. The lowest BCUT2D eigenvalue weighted by atomic mass is 9.79. The Morgan fingerprint density at radius 3 is 1.94 bits per heavy atom. The zero-order valence-electron chi connectivity index (χ0n) is 18.4. The first-order chi connectivity index (χ1) is 16.0. The molecule has 2 atom stereocenters. The molecule has 0 fully saturated rings. The van der Waals surface area contributed by atoms with Crippen LogP contribution in [0.3, 0.4) is 0 Å². The van der Waals surface area contributed by atoms with Gasteiger partial charge in [-0.15, -0.1) is 0 Å². The molecule has 168 valence electrons. The zero-order chi connectivity index (χ0) is 23.4. The first kappa shape index (κ1) is 22.5. The van der Waals surface area contributed by atoms with Crippen LogP contribution in [0.25, 0.3) is 11.1 Å². The van der Waals surface area contributed by atoms with Crippen molar-refractivity contribution in [3.05, 3.63) is 108 Å². The molecule has 3 aromatic rings. The Morgan fingerprint density at radius 1 is 0.848 bits per heavy atom. The predicted molar refractivity (Wildman–Crippen MR) is 124 cm³/mol. The van der Waals surface area contributed by atoms with Gasteiger partial charge in [-0.05, 0) is 33.9 Å². The van der Waals surface area contributed by atoms with Crippen molar-refractivity contribution in [3.8, 4) is 11.1 Å². The molecule has 0 aromatic heterocycles. The summed E-state index contributed by atoms with van der Waals surface area (Å²) in [6, 6.07) is 24.6. The van der Waals surface area contributed by atoms with Crippen molar-refractivity contribution in [2.24, 2.45) is 0 Å². The molecule has 1 aliphatic carbocycles. The van der Waals surface area contributed by atoms with Crippen molar-refractivity contribution in [2.75, 3.05) is 14.2 Å². The minimum atomic E-state index is -1.35. The van der Waals surface area contributed by atoms with E-state index in [1.54, 1.807) is 0 Å². The number of methoxy groups -OCH3 is 2. The molecule has 0 saturated carbocycles. The Balaban J connectivity index is 1.92. The van der Waals surface area contributed by atoms with Gasteiger partial charge in [-0.2, -0.15) is 0 Å². The van der Waals surface area contributed by atoms with E-state index in [2.05, 4.69) is 10.1 Å². The molecule has 0 aliphatic heterocycles. The van der Waals surface area contributed by atoms with E-state index in [4.69, 9.17) is 4.74 Å². The minimum Gasteiger partial charge on any atom is -0.468 e. The van der Waals surface area contributed by atoms with Gasteiger partial charge in [0.1, 0.15) is 6.04 Å². The maximum atomic E-state index is 12.9. The number of carbonyl (C=O) groups excluding carboxylic acids is 2. The normalized spacial score (nSPS) is 15.4. The van der Waals surface area contributed by atoms with Gasteiger partial charge in [0.15, 0.2) is 0 Å². The van der Waals surface area contributed by atoms with Gasteiger partial charge in [0.25, 0.3) is 0 Å². The van der Waals surface area contributed by atoms with Crippen LogP contribution in [0.5, 0.6) is 0 Å². The number of carbonyl (C=O) groups is 2. The quantitative estimate of drug-likeness (QED) is 0.431. The molecule has 0 amide bonds. The van der Waals surface area contributed by atoms with E-state index in [-0.39, 0.29) is 0 Å². The van der Waals surface area contributed by atoms with Gasteiger partial charge in [0.2, 0.25) is 0 Å². The number of fused-ring (bicyclic) bond motifs is 3. The van der Waals surface area contributed by atoms with Crippen LogP contribution in [0.2, 0.25) is 0 Å². The maximum Gasteiger partial charge on any atom is 0.330 e. The van der Waals surface area contributed by atoms with E-state index >= 15 is 0 Å². The summed E-state index contributed by atoms with van der Waals surface area (Å²) in [5.74, 6) is -1.29. The van der Waals surface area contributed by atoms with Crippen molar-refractivity contribution in [1.29, 1.82) is 0 Å². The number of hydrogen-bond acceptors (Lipinski definition) is 6. The fourth-order valence-corrected chi connectivity index (χ4v) is 4.47. The van der Waals surface area contributed by atoms with E-state index in [9.17, 15) is 14.7 Å². The number of ether oxygens (including phenoxy) is 2. The Hall–Kier alpha value is -3.74. The van der Waals surface area contributed by atoms with Gasteiger partial charge in [-0.1, -0.05) is 78.9 Å². The smallest absolute Gasteiger partial charge is 0.330 e. The predicted octanol–water partition coefficient (Wildman–Crippen LogP) is 3.18. The van der Waals surface area contributed by atoms with E-state index < -0.39 is 29.6 Å². The number of hydrogen-bond donors (Lipinski definition) is 2. The summed E-state index contributed by atoms with van der Waals surface area (Å²) in [4.78, 5) is 24.4. The fourth-order valence-electron chi connectivity index (χ4n) is 4.47. The fraction of sp³-hybridized carbons (Fsp3) is 0.185. The summed E-state index contributed by atoms with van der Waals surface area (Å²) in [5.41, 5.74) is 3.94. The van der Waals surface area contributed by atoms with Gasteiger partial charge in [0, 0.05) is 6.08 Å². The van der Waals surface area contributed by atoms with Gasteiger partial charge < -0.3 is 14.6 Å². The molecule has 0 spiro atoms. The second-order valence-corrected chi connectivity index (χ2v) is 7.73. The molecule has 6 nitrogen and oxygen atoms in total. The average molecular weight is 443 g/mol. The van der Waals surface area contributed by atoms with Crippen molar-refractivity contribution >= 4 is 11.9 Å². The lowest BCUT2D eigenvalue weighted by Gasteiger charge is -2.37. The zero-order valence-corrected chi connectivity index (χ0v) is 18.4. The Kier molecular flexibility index (Phi) is 6.40. The molecular weight excluding hydrogens is 418 g/mol. The number of aliphatic hydroxyl groups is 1. The Bertz CT molecular complexity index is 1140. The molecule has 4 rings (SSSR count). The molecular formula is C27H25NO5. The number of esters is 2. The lowest BCUT2D eigenvalue weighted by Crippen LogP contribution is -2.56. The van der Waals surface area contributed by atoms with Crippen LogP contribution >= 0.6 is 0 Å². The van der Waals surface area contributed by atoms with Gasteiger partial charge >= 0.3 is 11.9 Å². The topological polar surface area (TPSA) is 84.9 Å². The highest BCUT2D eigenvalue weighted by Crippen LogP contribution is 2.51. The monoisotopic (exact) mass is 443 g/mol. The third kappa shape index (κ3) is 3.95. The third-order valence-corrected chi connectivity index (χ3v) is 5.96. The van der Waals surface area contributed by atoms with Crippen LogP contribution < -0.4 is 5.32 Å². The summed E-state index contributed by atoms with van der Waals surface area (Å²) in [5, 5.41) is 14.3. The second kappa shape index (κ2) is 9.40. The molecule has 0 radical (unpaired) electrons. The van der Waals surface area contributed by atoms with Crippen LogP contribution in [-0.2, 0) is 24.6 Å². The van der Waals surface area contributed by atoms with Crippen molar-refractivity contribution in [3.63, 3.8) is 0 Å². The number of nitrogens with one attached hydrogen (secondary N) is 1. The highest BCUT2D eigenvalue weighted by Gasteiger charge is 2.47. The highest BCUT2D eigenvalue weighted by atomic mass is 16.5. The van der Waals surface area contributed by atoms with Gasteiger partial charge in [0.05, 0.1) is 25.9 Å². The van der Waals surface area contributed by atoms with Crippen molar-refractivity contribution in [1.82, 2.24) is 5.32 Å². The van der Waals surface area contributed by atoms with Crippen LogP contribution in [0.1, 0.15) is 16.7 Å². The Morgan fingerprint density at radius 2 is 1.39 bits per heavy atom. The lowest BCUT2D eigenvalue weighted by molar-refractivity contribution is -0.146. The third-order valence-electron chi connectivity index (χ3n) is 5.96. The average Bonchev–Trinajstić information content (AvgIpc) is 3.16. The molecule has 0 heterocycles. The summed E-state index contributed by atoms with van der Waals surface area (Å²) in [7, 11) is 2.51. The first-order valence-electron chi connectivity index (χ1n) is 10.6. The van der Waals surface area contributed by atoms with Crippen LogP contribution in [-0.4, -0.2) is 43.4 Å². The molecule has 0 bridgehead atoms. The van der Waals surface area contributed by atoms with Crippen LogP contribution in [0, 0.1) is 0 Å². The van der Waals surface area contributed by atoms with Crippen LogP contribution in [0.4, 0.5) is 0 Å². The van der Waals surface area contributed by atoms with Crippen molar-refractivity contribution < 1.29 is 24.2 Å². The summed E-state index contributed by atoms with van der Waals surface area (Å²) in [6.45, 7) is 0. The largest absolute Gasteiger partial charge is 0.468 e. The molecule has 0 saturated heterocycles. The molecule has 33 heavy (non-hydrogen) atoms. The number of benzene rings is 3. The van der Waals surface area contributed by atoms with Crippen molar-refractivity contribution in [2.45, 2.75) is 17.7 Å². The van der Waals surface area contributed by atoms with E-state index in [1.807, 2.05) is 78.9 Å². The van der Waals surface area contributed by atoms with Gasteiger partial charge in [-0.3, -0.25) is 10.1 Å². The molecule has 1 aliphatic rings. The summed E-state index contributed by atoms with van der Waals surface area (Å²) >= 11 is 0. The van der Waals surface area contributed by atoms with E-state index in [0.717, 1.165) is 33.9 Å². The van der Waals surface area contributed by atoms with E-state index in [0.29, 0.717) is 0 Å². The second-order valence-electron chi connectivity index (χ2n) is 7.73. The first-order valence-corrected chi connectivity index (χ1v) is 10.6. The molecule has 0 unspecified atom stereocenters. The molecule has 2 N–H and O–H groups in total. The molecule has 6 heteroatoms. The van der Waals surface area contributed by atoms with E-state index in [1.165, 1.54) is 20.3 Å². The van der Waals surface area contributed by atoms with Gasteiger partial charge in [-0.25, -0.2) is 4.79 Å². The number of aliphatic hydroxyl groups excluding tert-OH is 1. The van der Waals surface area contributed by atoms with Crippen LogP contribution in [0.15, 0.2) is 91.0 Å². The summed E-state index contributed by atoms with van der Waals surface area (Å²) in [6.07, 6.45) is 0.969. The summed E-state index contributed by atoms with van der Waals surface area (Å²) < 4.78 is 9.63. The Labute approximate surface area is 192 Å². The highest BCUT2D eigenvalue weighted by molar-refractivity contribution is 5.85. The number of rotatable bonds is 7.